The van der Waals surface area contributed by atoms with Gasteiger partial charge in [-0.25, -0.2) is 4.79 Å². The summed E-state index contributed by atoms with van der Waals surface area (Å²) < 4.78 is 7.28. The van der Waals surface area contributed by atoms with Crippen molar-refractivity contribution in [1.29, 1.82) is 0 Å². The van der Waals surface area contributed by atoms with Crippen molar-refractivity contribution in [3.63, 3.8) is 0 Å². The van der Waals surface area contributed by atoms with Crippen LogP contribution in [0, 0.1) is 25.7 Å². The van der Waals surface area contributed by atoms with Crippen molar-refractivity contribution in [2.45, 2.75) is 66.5 Å². The highest BCUT2D eigenvalue weighted by Gasteiger charge is 2.28. The molecule has 0 saturated heterocycles. The number of carbonyl (C=O) groups is 2. The van der Waals surface area contributed by atoms with Crippen LogP contribution in [-0.2, 0) is 16.1 Å². The van der Waals surface area contributed by atoms with Gasteiger partial charge in [0.1, 0.15) is 0 Å². The van der Waals surface area contributed by atoms with Gasteiger partial charge in [0.05, 0.1) is 5.56 Å². The van der Waals surface area contributed by atoms with Gasteiger partial charge in [0.2, 0.25) is 0 Å². The first-order valence-electron chi connectivity index (χ1n) is 8.98. The zero-order valence-electron chi connectivity index (χ0n) is 15.5. The molecule has 1 fully saturated rings. The van der Waals surface area contributed by atoms with Crippen molar-refractivity contribution >= 4 is 11.9 Å². The largest absolute Gasteiger partial charge is 0.452 e. The topological polar surface area (TPSA) is 60.3 Å². The molecule has 1 saturated carbocycles. The van der Waals surface area contributed by atoms with Gasteiger partial charge in [-0.05, 0) is 45.1 Å². The number of aryl methyl sites for hydroxylation is 1. The molecule has 1 aliphatic rings. The number of rotatable bonds is 5. The Hall–Kier alpha value is -1.78. The standard InChI is InChI=1S/C19H30N2O3/c1-6-21-13(3)10-16(15(21)5)19(23)24-11-18(22)20-17-9-7-8-12(2)14(17)4/h10,12,14,17H,6-9,11H2,1-5H3,(H,20,22)/t12-,14-,17-/m0/s1. The molecule has 0 spiro atoms. The normalized spacial score (nSPS) is 23.8. The molecule has 1 aromatic heterocycles. The summed E-state index contributed by atoms with van der Waals surface area (Å²) in [5, 5.41) is 3.03. The summed E-state index contributed by atoms with van der Waals surface area (Å²) in [6.45, 7) is 10.9. The maximum Gasteiger partial charge on any atom is 0.340 e. The van der Waals surface area contributed by atoms with E-state index in [1.807, 2.05) is 26.8 Å². The summed E-state index contributed by atoms with van der Waals surface area (Å²) in [7, 11) is 0. The Morgan fingerprint density at radius 1 is 1.29 bits per heavy atom. The van der Waals surface area contributed by atoms with E-state index >= 15 is 0 Å². The average Bonchev–Trinajstić information content (AvgIpc) is 2.83. The van der Waals surface area contributed by atoms with Crippen molar-refractivity contribution in [3.05, 3.63) is 23.0 Å². The SMILES string of the molecule is CCn1c(C)cc(C(=O)OCC(=O)N[C@H]2CCC[C@H](C)[C@@H]2C)c1C. The number of hydrogen-bond acceptors (Lipinski definition) is 3. The summed E-state index contributed by atoms with van der Waals surface area (Å²) in [4.78, 5) is 24.4. The van der Waals surface area contributed by atoms with Crippen LogP contribution in [0.15, 0.2) is 6.07 Å². The lowest BCUT2D eigenvalue weighted by Gasteiger charge is -2.34. The Morgan fingerprint density at radius 3 is 2.62 bits per heavy atom. The second-order valence-corrected chi connectivity index (χ2v) is 7.05. The minimum Gasteiger partial charge on any atom is -0.452 e. The molecule has 1 heterocycles. The van der Waals surface area contributed by atoms with Gasteiger partial charge in [-0.15, -0.1) is 0 Å². The highest BCUT2D eigenvalue weighted by Crippen LogP contribution is 2.29. The summed E-state index contributed by atoms with van der Waals surface area (Å²) in [5.74, 6) is 0.439. The first-order chi connectivity index (χ1) is 11.3. The first kappa shape index (κ1) is 18.6. The summed E-state index contributed by atoms with van der Waals surface area (Å²) in [5.41, 5.74) is 2.45. The second-order valence-electron chi connectivity index (χ2n) is 7.05. The van der Waals surface area contributed by atoms with E-state index in [0.717, 1.165) is 30.8 Å². The Kier molecular flexibility index (Phi) is 6.08. The highest BCUT2D eigenvalue weighted by atomic mass is 16.5. The number of esters is 1. The lowest BCUT2D eigenvalue weighted by molar-refractivity contribution is -0.125. The third-order valence-electron chi connectivity index (χ3n) is 5.50. The van der Waals surface area contributed by atoms with Crippen molar-refractivity contribution in [2.75, 3.05) is 6.61 Å². The van der Waals surface area contributed by atoms with E-state index in [0.29, 0.717) is 17.4 Å². The highest BCUT2D eigenvalue weighted by molar-refractivity contribution is 5.92. The van der Waals surface area contributed by atoms with Crippen LogP contribution in [0.1, 0.15) is 61.8 Å². The third-order valence-corrected chi connectivity index (χ3v) is 5.50. The molecule has 0 bridgehead atoms. The van der Waals surface area contributed by atoms with E-state index in [1.54, 1.807) is 0 Å². The van der Waals surface area contributed by atoms with Gasteiger partial charge >= 0.3 is 5.97 Å². The van der Waals surface area contributed by atoms with Crippen molar-refractivity contribution < 1.29 is 14.3 Å². The number of ether oxygens (including phenoxy) is 1. The molecule has 1 aliphatic carbocycles. The number of amides is 1. The summed E-state index contributed by atoms with van der Waals surface area (Å²) >= 11 is 0. The second kappa shape index (κ2) is 7.86. The molecule has 1 aromatic rings. The molecule has 5 heteroatoms. The molecule has 5 nitrogen and oxygen atoms in total. The molecular formula is C19H30N2O3. The van der Waals surface area contributed by atoms with E-state index < -0.39 is 5.97 Å². The summed E-state index contributed by atoms with van der Waals surface area (Å²) in [6, 6.07) is 2.01. The zero-order valence-corrected chi connectivity index (χ0v) is 15.5. The van der Waals surface area contributed by atoms with Crippen LogP contribution in [0.25, 0.3) is 0 Å². The van der Waals surface area contributed by atoms with Gasteiger partial charge in [0.15, 0.2) is 6.61 Å². The lowest BCUT2D eigenvalue weighted by Crippen LogP contribution is -2.45. The lowest BCUT2D eigenvalue weighted by atomic mass is 9.78. The Morgan fingerprint density at radius 2 is 2.00 bits per heavy atom. The number of carbonyl (C=O) groups excluding carboxylic acids is 2. The number of hydrogen-bond donors (Lipinski definition) is 1. The molecule has 0 radical (unpaired) electrons. The van der Waals surface area contributed by atoms with Crippen LogP contribution in [0.4, 0.5) is 0 Å². The van der Waals surface area contributed by atoms with Gasteiger partial charge in [-0.3, -0.25) is 4.79 Å². The van der Waals surface area contributed by atoms with E-state index in [-0.39, 0.29) is 18.6 Å². The van der Waals surface area contributed by atoms with Gasteiger partial charge in [0.25, 0.3) is 5.91 Å². The minimum atomic E-state index is -0.428. The molecule has 0 unspecified atom stereocenters. The third kappa shape index (κ3) is 4.00. The number of aromatic nitrogens is 1. The molecule has 0 aliphatic heterocycles. The van der Waals surface area contributed by atoms with Gasteiger partial charge in [-0.1, -0.05) is 26.7 Å². The molecule has 0 aromatic carbocycles. The smallest absolute Gasteiger partial charge is 0.340 e. The van der Waals surface area contributed by atoms with Crippen LogP contribution < -0.4 is 5.32 Å². The van der Waals surface area contributed by atoms with Crippen molar-refractivity contribution in [2.24, 2.45) is 11.8 Å². The first-order valence-corrected chi connectivity index (χ1v) is 8.98. The van der Waals surface area contributed by atoms with E-state index in [2.05, 4.69) is 23.7 Å². The zero-order chi connectivity index (χ0) is 17.9. The number of nitrogens with zero attached hydrogens (tertiary/aromatic N) is 1. The fourth-order valence-electron chi connectivity index (χ4n) is 3.74. The fraction of sp³-hybridized carbons (Fsp3) is 0.684. The van der Waals surface area contributed by atoms with E-state index in [4.69, 9.17) is 4.74 Å². The van der Waals surface area contributed by atoms with E-state index in [9.17, 15) is 9.59 Å². The summed E-state index contributed by atoms with van der Waals surface area (Å²) in [6.07, 6.45) is 3.36. The van der Waals surface area contributed by atoms with Crippen LogP contribution in [0.3, 0.4) is 0 Å². The Bertz CT molecular complexity index is 606. The monoisotopic (exact) mass is 334 g/mol. The van der Waals surface area contributed by atoms with Crippen LogP contribution in [-0.4, -0.2) is 29.1 Å². The fourth-order valence-corrected chi connectivity index (χ4v) is 3.74. The van der Waals surface area contributed by atoms with Gasteiger partial charge in [-0.2, -0.15) is 0 Å². The molecule has 24 heavy (non-hydrogen) atoms. The van der Waals surface area contributed by atoms with E-state index in [1.165, 1.54) is 6.42 Å². The predicted octanol–water partition coefficient (Wildman–Crippen LogP) is 3.22. The maximum absolute atomic E-state index is 12.2. The quantitative estimate of drug-likeness (QED) is 0.841. The van der Waals surface area contributed by atoms with Crippen molar-refractivity contribution in [1.82, 2.24) is 9.88 Å². The molecular weight excluding hydrogens is 304 g/mol. The molecule has 134 valence electrons. The molecule has 1 N–H and O–H groups in total. The molecule has 3 atom stereocenters. The molecule has 2 rings (SSSR count). The number of nitrogens with one attached hydrogen (secondary N) is 1. The predicted molar refractivity (Wildman–Crippen MR) is 94.0 cm³/mol. The van der Waals surface area contributed by atoms with Gasteiger partial charge in [0, 0.05) is 24.0 Å². The average molecular weight is 334 g/mol. The molecule has 1 amide bonds. The van der Waals surface area contributed by atoms with Crippen molar-refractivity contribution in [3.8, 4) is 0 Å². The Balaban J connectivity index is 1.88. The minimum absolute atomic E-state index is 0.185. The van der Waals surface area contributed by atoms with Crippen LogP contribution in [0.5, 0.6) is 0 Å². The van der Waals surface area contributed by atoms with Crippen LogP contribution >= 0.6 is 0 Å². The van der Waals surface area contributed by atoms with Gasteiger partial charge < -0.3 is 14.6 Å². The Labute approximate surface area is 144 Å². The van der Waals surface area contributed by atoms with Crippen LogP contribution in [0.2, 0.25) is 0 Å². The maximum atomic E-state index is 12.2.